The van der Waals surface area contributed by atoms with E-state index in [4.69, 9.17) is 11.6 Å². The number of carbonyl (C=O) groups excluding carboxylic acids is 1. The average Bonchev–Trinajstić information content (AvgIpc) is 2.33. The summed E-state index contributed by atoms with van der Waals surface area (Å²) in [6.07, 6.45) is 0. The first kappa shape index (κ1) is 11.4. The summed E-state index contributed by atoms with van der Waals surface area (Å²) in [7, 11) is 0. The van der Waals surface area contributed by atoms with Crippen molar-refractivity contribution in [2.75, 3.05) is 0 Å². The van der Waals surface area contributed by atoms with Crippen molar-refractivity contribution in [2.45, 2.75) is 0 Å². The van der Waals surface area contributed by atoms with E-state index in [9.17, 15) is 4.79 Å². The molecule has 0 amide bonds. The number of hydrogen-bond acceptors (Lipinski definition) is 1. The van der Waals surface area contributed by atoms with Crippen LogP contribution in [0.4, 0.5) is 0 Å². The molecule has 0 saturated carbocycles. The topological polar surface area (TPSA) is 17.1 Å². The Bertz CT molecular complexity index is 479. The number of hydrogen-bond donors (Lipinski definition) is 0. The summed E-state index contributed by atoms with van der Waals surface area (Å²) < 4.78 is 1.24. The fourth-order valence-corrected chi connectivity index (χ4v) is 2.92. The van der Waals surface area contributed by atoms with Crippen LogP contribution in [0.3, 0.4) is 0 Å². The van der Waals surface area contributed by atoms with Gasteiger partial charge in [0.1, 0.15) is 0 Å². The standard InChI is InChI=1S/C13H9ClOSe/c14-11-6-8-12(9-7-11)16-13(15)10-4-2-1-3-5-10/h1-9H. The first-order chi connectivity index (χ1) is 7.75. The third-order valence-corrected chi connectivity index (χ3v) is 4.23. The maximum atomic E-state index is 11.9. The molecule has 0 N–H and O–H groups in total. The van der Waals surface area contributed by atoms with E-state index < -0.39 is 0 Å². The number of benzene rings is 2. The van der Waals surface area contributed by atoms with Crippen LogP contribution in [0.2, 0.25) is 5.02 Å². The van der Waals surface area contributed by atoms with Gasteiger partial charge in [-0.3, -0.25) is 0 Å². The Hall–Kier alpha value is -1.08. The molecule has 0 heterocycles. The van der Waals surface area contributed by atoms with Crippen LogP contribution in [0, 0.1) is 0 Å². The molecule has 0 radical (unpaired) electrons. The predicted molar refractivity (Wildman–Crippen MR) is 67.6 cm³/mol. The Labute approximate surface area is 106 Å². The van der Waals surface area contributed by atoms with Crippen LogP contribution in [0.5, 0.6) is 0 Å². The average molecular weight is 296 g/mol. The molecule has 0 bridgehead atoms. The van der Waals surface area contributed by atoms with E-state index in [1.807, 2.05) is 54.6 Å². The van der Waals surface area contributed by atoms with E-state index in [1.54, 1.807) is 0 Å². The second-order valence-corrected chi connectivity index (χ2v) is 5.84. The second kappa shape index (κ2) is 5.31. The summed E-state index contributed by atoms with van der Waals surface area (Å²) in [5.74, 6) is 0. The summed E-state index contributed by atoms with van der Waals surface area (Å²) in [6, 6.07) is 16.8. The minimum atomic E-state index is -0.175. The number of halogens is 1. The molecule has 16 heavy (non-hydrogen) atoms. The molecule has 2 aromatic carbocycles. The minimum absolute atomic E-state index is 0.175. The molecule has 80 valence electrons. The summed E-state index contributed by atoms with van der Waals surface area (Å²) in [6.45, 7) is 0. The molecule has 0 aromatic heterocycles. The predicted octanol–water partition coefficient (Wildman–Crippen LogP) is 2.51. The van der Waals surface area contributed by atoms with Crippen LogP contribution >= 0.6 is 11.6 Å². The van der Waals surface area contributed by atoms with Crippen molar-refractivity contribution in [3.05, 3.63) is 65.2 Å². The van der Waals surface area contributed by atoms with Crippen LogP contribution in [-0.2, 0) is 0 Å². The Balaban J connectivity index is 2.11. The molecule has 0 aliphatic heterocycles. The molecular formula is C13H9ClOSe. The van der Waals surface area contributed by atoms with Crippen LogP contribution < -0.4 is 4.46 Å². The van der Waals surface area contributed by atoms with E-state index in [0.717, 1.165) is 10.0 Å². The summed E-state index contributed by atoms with van der Waals surface area (Å²) in [5, 5.41) is 0.701. The van der Waals surface area contributed by atoms with E-state index in [0.29, 0.717) is 5.02 Å². The van der Waals surface area contributed by atoms with Crippen molar-refractivity contribution in [3.8, 4) is 0 Å². The number of carbonyl (C=O) groups is 1. The van der Waals surface area contributed by atoms with Gasteiger partial charge in [-0.05, 0) is 0 Å². The maximum absolute atomic E-state index is 11.9. The van der Waals surface area contributed by atoms with Gasteiger partial charge >= 0.3 is 106 Å². The molecule has 0 saturated heterocycles. The van der Waals surface area contributed by atoms with Gasteiger partial charge in [0.15, 0.2) is 0 Å². The van der Waals surface area contributed by atoms with Gasteiger partial charge in [0.05, 0.1) is 0 Å². The molecule has 0 aliphatic carbocycles. The van der Waals surface area contributed by atoms with Crippen molar-refractivity contribution in [1.29, 1.82) is 0 Å². The quantitative estimate of drug-likeness (QED) is 0.795. The molecular weight excluding hydrogens is 287 g/mol. The summed E-state index contributed by atoms with van der Waals surface area (Å²) in [5.41, 5.74) is 0.775. The van der Waals surface area contributed by atoms with Crippen molar-refractivity contribution in [3.63, 3.8) is 0 Å². The zero-order chi connectivity index (χ0) is 11.4. The second-order valence-electron chi connectivity index (χ2n) is 3.21. The monoisotopic (exact) mass is 296 g/mol. The molecule has 1 nitrogen and oxygen atoms in total. The van der Waals surface area contributed by atoms with Crippen LogP contribution in [0.1, 0.15) is 10.4 Å². The third kappa shape index (κ3) is 2.96. The molecule has 2 rings (SSSR count). The molecule has 0 atom stereocenters. The van der Waals surface area contributed by atoms with Gasteiger partial charge in [0, 0.05) is 0 Å². The van der Waals surface area contributed by atoms with E-state index in [1.165, 1.54) is 0 Å². The van der Waals surface area contributed by atoms with Crippen LogP contribution in [0.25, 0.3) is 0 Å². The van der Waals surface area contributed by atoms with Gasteiger partial charge in [-0.1, -0.05) is 0 Å². The van der Waals surface area contributed by atoms with Crippen LogP contribution in [-0.4, -0.2) is 19.6 Å². The van der Waals surface area contributed by atoms with E-state index >= 15 is 0 Å². The first-order valence-electron chi connectivity index (χ1n) is 4.78. The SMILES string of the molecule is O=C([Se]c1ccc(Cl)cc1)c1ccccc1. The van der Waals surface area contributed by atoms with Gasteiger partial charge in [-0.15, -0.1) is 0 Å². The van der Waals surface area contributed by atoms with E-state index in [2.05, 4.69) is 0 Å². The van der Waals surface area contributed by atoms with Crippen molar-refractivity contribution >= 4 is 35.7 Å². The number of rotatable bonds is 3. The van der Waals surface area contributed by atoms with Gasteiger partial charge in [-0.2, -0.15) is 0 Å². The van der Waals surface area contributed by atoms with Gasteiger partial charge in [0.2, 0.25) is 0 Å². The molecule has 3 heteroatoms. The fraction of sp³-hybridized carbons (Fsp3) is 0. The summed E-state index contributed by atoms with van der Waals surface area (Å²) >= 11 is 5.61. The zero-order valence-electron chi connectivity index (χ0n) is 8.39. The third-order valence-electron chi connectivity index (χ3n) is 2.03. The van der Waals surface area contributed by atoms with Gasteiger partial charge < -0.3 is 0 Å². The Morgan fingerprint density at radius 3 is 2.19 bits per heavy atom. The van der Waals surface area contributed by atoms with Gasteiger partial charge in [-0.25, -0.2) is 0 Å². The summed E-state index contributed by atoms with van der Waals surface area (Å²) in [4.78, 5) is 11.9. The normalized spacial score (nSPS) is 10.1. The Kier molecular flexibility index (Phi) is 3.78. The zero-order valence-corrected chi connectivity index (χ0v) is 10.9. The molecule has 0 unspecified atom stereocenters. The van der Waals surface area contributed by atoms with E-state index in [-0.39, 0.29) is 19.6 Å². The first-order valence-corrected chi connectivity index (χ1v) is 6.87. The van der Waals surface area contributed by atoms with Crippen molar-refractivity contribution in [2.24, 2.45) is 0 Å². The fourth-order valence-electron chi connectivity index (χ4n) is 1.24. The van der Waals surface area contributed by atoms with Crippen LogP contribution in [0.15, 0.2) is 54.6 Å². The molecule has 0 spiro atoms. The van der Waals surface area contributed by atoms with Crippen molar-refractivity contribution < 1.29 is 4.79 Å². The molecule has 0 aliphatic rings. The Morgan fingerprint density at radius 2 is 1.56 bits per heavy atom. The molecule has 0 fully saturated rings. The van der Waals surface area contributed by atoms with Gasteiger partial charge in [0.25, 0.3) is 0 Å². The molecule has 2 aromatic rings. The van der Waals surface area contributed by atoms with Crippen molar-refractivity contribution in [1.82, 2.24) is 0 Å². The Morgan fingerprint density at radius 1 is 0.938 bits per heavy atom.